The van der Waals surface area contributed by atoms with Gasteiger partial charge in [0.1, 0.15) is 16.5 Å². The van der Waals surface area contributed by atoms with Gasteiger partial charge >= 0.3 is 0 Å². The molecule has 1 atom stereocenters. The second-order valence-electron chi connectivity index (χ2n) is 7.45. The number of carbonyl (C=O) groups is 2. The maximum atomic E-state index is 12.7. The minimum Gasteiger partial charge on any atom is -0.497 e. The van der Waals surface area contributed by atoms with Crippen molar-refractivity contribution >= 4 is 34.0 Å². The molecule has 1 N–H and O–H groups in total. The molecule has 4 rings (SSSR count). The van der Waals surface area contributed by atoms with Crippen molar-refractivity contribution in [1.82, 2.24) is 10.2 Å². The first-order valence-electron chi connectivity index (χ1n) is 10.3. The number of ether oxygens (including phenoxy) is 2. The van der Waals surface area contributed by atoms with Gasteiger partial charge in [-0.3, -0.25) is 9.59 Å². The molecule has 0 aliphatic carbocycles. The SMILES string of the molecule is COc1ccc(CCc2nnc(NC(=O)C3CC(=O)N(c4cccc(OC)c4)C3)s2)cc1. The monoisotopic (exact) mass is 452 g/mol. The van der Waals surface area contributed by atoms with Crippen molar-refractivity contribution in [3.05, 3.63) is 59.1 Å². The van der Waals surface area contributed by atoms with Crippen molar-refractivity contribution in [2.24, 2.45) is 5.92 Å². The lowest BCUT2D eigenvalue weighted by atomic mass is 10.1. The van der Waals surface area contributed by atoms with Crippen molar-refractivity contribution in [2.75, 3.05) is 31.0 Å². The summed E-state index contributed by atoms with van der Waals surface area (Å²) in [6.07, 6.45) is 1.71. The average molecular weight is 453 g/mol. The summed E-state index contributed by atoms with van der Waals surface area (Å²) in [5, 5.41) is 12.4. The number of methoxy groups -OCH3 is 2. The van der Waals surface area contributed by atoms with Gasteiger partial charge in [-0.2, -0.15) is 0 Å². The summed E-state index contributed by atoms with van der Waals surface area (Å²) in [7, 11) is 3.22. The Morgan fingerprint density at radius 1 is 1.09 bits per heavy atom. The van der Waals surface area contributed by atoms with E-state index >= 15 is 0 Å². The third-order valence-electron chi connectivity index (χ3n) is 5.34. The van der Waals surface area contributed by atoms with Crippen LogP contribution in [0.25, 0.3) is 0 Å². The first-order valence-corrected chi connectivity index (χ1v) is 11.1. The molecule has 2 heterocycles. The van der Waals surface area contributed by atoms with Gasteiger partial charge in [-0.1, -0.05) is 29.5 Å². The largest absolute Gasteiger partial charge is 0.497 e. The predicted octanol–water partition coefficient (Wildman–Crippen LogP) is 3.33. The highest BCUT2D eigenvalue weighted by atomic mass is 32.1. The van der Waals surface area contributed by atoms with Crippen molar-refractivity contribution in [3.63, 3.8) is 0 Å². The zero-order chi connectivity index (χ0) is 22.5. The van der Waals surface area contributed by atoms with Gasteiger partial charge in [0, 0.05) is 31.1 Å². The number of anilines is 2. The molecule has 0 radical (unpaired) electrons. The standard InChI is InChI=1S/C23H24N4O4S/c1-30-18-9-6-15(7-10-18)8-11-20-25-26-23(32-20)24-22(29)16-12-21(28)27(14-16)17-4-3-5-19(13-17)31-2/h3-7,9-10,13,16H,8,11-12,14H2,1-2H3,(H,24,26,29). The Kier molecular flexibility index (Phi) is 6.65. The van der Waals surface area contributed by atoms with E-state index in [-0.39, 0.29) is 18.2 Å². The Balaban J connectivity index is 1.32. The van der Waals surface area contributed by atoms with Gasteiger partial charge in [-0.25, -0.2) is 0 Å². The van der Waals surface area contributed by atoms with Crippen LogP contribution < -0.4 is 19.7 Å². The number of rotatable bonds is 8. The van der Waals surface area contributed by atoms with E-state index in [2.05, 4.69) is 15.5 Å². The molecule has 1 aromatic heterocycles. The van der Waals surface area contributed by atoms with Crippen LogP contribution in [0.1, 0.15) is 17.0 Å². The number of aromatic nitrogens is 2. The normalized spacial score (nSPS) is 15.6. The lowest BCUT2D eigenvalue weighted by Crippen LogP contribution is -2.28. The molecule has 2 aromatic carbocycles. The molecule has 1 aliphatic heterocycles. The molecule has 0 saturated carbocycles. The third kappa shape index (κ3) is 5.05. The van der Waals surface area contributed by atoms with Crippen LogP contribution >= 0.6 is 11.3 Å². The molecule has 1 aliphatic rings. The molecule has 9 heteroatoms. The van der Waals surface area contributed by atoms with E-state index in [1.165, 1.54) is 16.9 Å². The van der Waals surface area contributed by atoms with Gasteiger partial charge in [-0.15, -0.1) is 10.2 Å². The quantitative estimate of drug-likeness (QED) is 0.564. The molecule has 8 nitrogen and oxygen atoms in total. The molecule has 1 unspecified atom stereocenters. The van der Waals surface area contributed by atoms with Gasteiger partial charge in [-0.05, 0) is 36.2 Å². The van der Waals surface area contributed by atoms with E-state index in [9.17, 15) is 9.59 Å². The molecular formula is C23H24N4O4S. The molecule has 1 fully saturated rings. The Bertz CT molecular complexity index is 1100. The average Bonchev–Trinajstić information content (AvgIpc) is 3.44. The van der Waals surface area contributed by atoms with E-state index < -0.39 is 5.92 Å². The minimum absolute atomic E-state index is 0.0872. The van der Waals surface area contributed by atoms with E-state index in [0.29, 0.717) is 17.4 Å². The zero-order valence-corrected chi connectivity index (χ0v) is 18.7. The van der Waals surface area contributed by atoms with Gasteiger partial charge in [0.2, 0.25) is 16.9 Å². The summed E-state index contributed by atoms with van der Waals surface area (Å²) in [6.45, 7) is 0.320. The maximum absolute atomic E-state index is 12.7. The van der Waals surface area contributed by atoms with Crippen LogP contribution in [0.15, 0.2) is 48.5 Å². The molecule has 2 amide bonds. The van der Waals surface area contributed by atoms with Crippen LogP contribution in [0.3, 0.4) is 0 Å². The van der Waals surface area contributed by atoms with Crippen LogP contribution in [0, 0.1) is 5.92 Å². The summed E-state index contributed by atoms with van der Waals surface area (Å²) in [6, 6.07) is 15.2. The number of carbonyl (C=O) groups excluding carboxylic acids is 2. The first-order chi connectivity index (χ1) is 15.6. The van der Waals surface area contributed by atoms with Crippen LogP contribution in [0.5, 0.6) is 11.5 Å². The Morgan fingerprint density at radius 3 is 2.62 bits per heavy atom. The smallest absolute Gasteiger partial charge is 0.231 e. The maximum Gasteiger partial charge on any atom is 0.231 e. The fourth-order valence-electron chi connectivity index (χ4n) is 3.57. The Morgan fingerprint density at radius 2 is 1.88 bits per heavy atom. The lowest BCUT2D eigenvalue weighted by molar-refractivity contribution is -0.122. The van der Waals surface area contributed by atoms with E-state index in [4.69, 9.17) is 9.47 Å². The van der Waals surface area contributed by atoms with E-state index in [1.807, 2.05) is 42.5 Å². The number of hydrogen-bond donors (Lipinski definition) is 1. The summed E-state index contributed by atoms with van der Waals surface area (Å²) < 4.78 is 10.4. The summed E-state index contributed by atoms with van der Waals surface area (Å²) in [5.41, 5.74) is 1.90. The van der Waals surface area contributed by atoms with Crippen LogP contribution in [0.2, 0.25) is 0 Å². The lowest BCUT2D eigenvalue weighted by Gasteiger charge is -2.17. The van der Waals surface area contributed by atoms with Crippen LogP contribution in [-0.2, 0) is 22.4 Å². The van der Waals surface area contributed by atoms with E-state index in [1.54, 1.807) is 25.2 Å². The molecular weight excluding hydrogens is 428 g/mol. The van der Waals surface area contributed by atoms with Gasteiger partial charge < -0.3 is 19.7 Å². The molecule has 0 spiro atoms. The second-order valence-corrected chi connectivity index (χ2v) is 8.51. The van der Waals surface area contributed by atoms with E-state index in [0.717, 1.165) is 29.3 Å². The second kappa shape index (κ2) is 9.78. The van der Waals surface area contributed by atoms with Crippen molar-refractivity contribution in [3.8, 4) is 11.5 Å². The highest BCUT2D eigenvalue weighted by molar-refractivity contribution is 7.15. The summed E-state index contributed by atoms with van der Waals surface area (Å²) in [4.78, 5) is 26.8. The molecule has 1 saturated heterocycles. The van der Waals surface area contributed by atoms with Crippen molar-refractivity contribution in [2.45, 2.75) is 19.3 Å². The van der Waals surface area contributed by atoms with Crippen LogP contribution in [0.4, 0.5) is 10.8 Å². The molecule has 32 heavy (non-hydrogen) atoms. The van der Waals surface area contributed by atoms with Crippen molar-refractivity contribution < 1.29 is 19.1 Å². The minimum atomic E-state index is -0.444. The summed E-state index contributed by atoms with van der Waals surface area (Å²) >= 11 is 1.36. The van der Waals surface area contributed by atoms with Crippen LogP contribution in [-0.4, -0.2) is 42.8 Å². The van der Waals surface area contributed by atoms with Gasteiger partial charge in [0.25, 0.3) is 0 Å². The molecule has 166 valence electrons. The molecule has 3 aromatic rings. The zero-order valence-electron chi connectivity index (χ0n) is 17.9. The van der Waals surface area contributed by atoms with Gasteiger partial charge in [0.15, 0.2) is 0 Å². The summed E-state index contributed by atoms with van der Waals surface area (Å²) in [5.74, 6) is 0.738. The highest BCUT2D eigenvalue weighted by Crippen LogP contribution is 2.29. The molecule has 0 bridgehead atoms. The number of nitrogens with one attached hydrogen (secondary N) is 1. The number of benzene rings is 2. The Labute approximate surface area is 190 Å². The number of nitrogens with zero attached hydrogens (tertiary/aromatic N) is 3. The predicted molar refractivity (Wildman–Crippen MR) is 122 cm³/mol. The fraction of sp³-hybridized carbons (Fsp3) is 0.304. The topological polar surface area (TPSA) is 93.7 Å². The van der Waals surface area contributed by atoms with Crippen molar-refractivity contribution in [1.29, 1.82) is 0 Å². The van der Waals surface area contributed by atoms with Gasteiger partial charge in [0.05, 0.1) is 20.1 Å². The fourth-order valence-corrected chi connectivity index (χ4v) is 4.31. The Hall–Kier alpha value is -3.46. The highest BCUT2D eigenvalue weighted by Gasteiger charge is 2.35. The first kappa shape index (κ1) is 21.8. The number of hydrogen-bond acceptors (Lipinski definition) is 7. The number of aryl methyl sites for hydroxylation is 2. The third-order valence-corrected chi connectivity index (χ3v) is 6.24. The number of amides is 2.